The van der Waals surface area contributed by atoms with Gasteiger partial charge in [-0.1, -0.05) is 32.9 Å². The van der Waals surface area contributed by atoms with E-state index in [1.807, 2.05) is 6.07 Å². The van der Waals surface area contributed by atoms with E-state index in [4.69, 9.17) is 10.5 Å². The zero-order valence-corrected chi connectivity index (χ0v) is 12.0. The van der Waals surface area contributed by atoms with Crippen LogP contribution in [0.25, 0.3) is 0 Å². The molecular weight excluding hydrogens is 255 g/mol. The van der Waals surface area contributed by atoms with Crippen LogP contribution < -0.4 is 10.5 Å². The molecule has 0 fully saturated rings. The fourth-order valence-corrected chi connectivity index (χ4v) is 1.83. The minimum atomic E-state index is -0.365. The van der Waals surface area contributed by atoms with Crippen LogP contribution >= 0.6 is 0 Å². The molecule has 1 heterocycles. The lowest BCUT2D eigenvalue weighted by Gasteiger charge is -2.18. The molecule has 0 aliphatic carbocycles. The van der Waals surface area contributed by atoms with Gasteiger partial charge in [-0.2, -0.15) is 0 Å². The molecule has 20 heavy (non-hydrogen) atoms. The number of nitrogens with zero attached hydrogens (tertiary/aromatic N) is 1. The van der Waals surface area contributed by atoms with E-state index in [1.54, 1.807) is 24.4 Å². The van der Waals surface area contributed by atoms with Crippen LogP contribution in [0.3, 0.4) is 0 Å². The quantitative estimate of drug-likeness (QED) is 0.926. The van der Waals surface area contributed by atoms with E-state index in [-0.39, 0.29) is 17.8 Å². The lowest BCUT2D eigenvalue weighted by atomic mass is 9.88. The molecule has 2 N–H and O–H groups in total. The Hall–Kier alpha value is -1.94. The molecule has 0 atom stereocenters. The molecule has 0 saturated carbocycles. The van der Waals surface area contributed by atoms with Gasteiger partial charge in [-0.05, 0) is 23.1 Å². The molecule has 0 radical (unpaired) electrons. The van der Waals surface area contributed by atoms with Crippen LogP contribution in [0.2, 0.25) is 0 Å². The van der Waals surface area contributed by atoms with Gasteiger partial charge in [0.1, 0.15) is 11.6 Å². The Labute approximate surface area is 118 Å². The highest BCUT2D eigenvalue weighted by molar-refractivity contribution is 5.37. The first-order valence-corrected chi connectivity index (χ1v) is 6.53. The zero-order chi connectivity index (χ0) is 14.8. The van der Waals surface area contributed by atoms with Gasteiger partial charge in [-0.25, -0.2) is 9.37 Å². The van der Waals surface area contributed by atoms with E-state index < -0.39 is 0 Å². The first kappa shape index (κ1) is 14.5. The molecule has 0 bridgehead atoms. The van der Waals surface area contributed by atoms with Crippen molar-refractivity contribution in [1.29, 1.82) is 0 Å². The second-order valence-electron chi connectivity index (χ2n) is 5.66. The van der Waals surface area contributed by atoms with E-state index in [2.05, 4.69) is 25.8 Å². The molecule has 0 aliphatic rings. The topological polar surface area (TPSA) is 48.1 Å². The number of ether oxygens (including phenoxy) is 1. The summed E-state index contributed by atoms with van der Waals surface area (Å²) in [5.41, 5.74) is 7.05. The molecule has 2 aromatic rings. The van der Waals surface area contributed by atoms with Crippen LogP contribution in [0.15, 0.2) is 36.5 Å². The number of aromatic nitrogens is 1. The van der Waals surface area contributed by atoms with Gasteiger partial charge in [0.25, 0.3) is 0 Å². The average Bonchev–Trinajstić information content (AvgIpc) is 2.38. The summed E-state index contributed by atoms with van der Waals surface area (Å²) in [7, 11) is 0. The van der Waals surface area contributed by atoms with E-state index in [0.717, 1.165) is 5.56 Å². The number of hydrogen-bond acceptors (Lipinski definition) is 3. The highest BCUT2D eigenvalue weighted by Crippen LogP contribution is 2.27. The predicted octanol–water partition coefficient (Wildman–Crippen LogP) is 3.77. The Kier molecular flexibility index (Phi) is 4.04. The average molecular weight is 274 g/mol. The highest BCUT2D eigenvalue weighted by Gasteiger charge is 2.14. The van der Waals surface area contributed by atoms with Gasteiger partial charge < -0.3 is 10.5 Å². The fraction of sp³-hybridized carbons (Fsp3) is 0.312. The third-order valence-corrected chi connectivity index (χ3v) is 3.10. The van der Waals surface area contributed by atoms with Crippen molar-refractivity contribution in [3.8, 4) is 11.6 Å². The van der Waals surface area contributed by atoms with Crippen LogP contribution in [0.1, 0.15) is 31.9 Å². The van der Waals surface area contributed by atoms with E-state index in [9.17, 15) is 4.39 Å². The second-order valence-corrected chi connectivity index (χ2v) is 5.66. The van der Waals surface area contributed by atoms with E-state index in [1.165, 1.54) is 6.07 Å². The molecule has 0 amide bonds. The molecule has 0 aliphatic heterocycles. The molecule has 4 heteroatoms. The molecule has 106 valence electrons. The summed E-state index contributed by atoms with van der Waals surface area (Å²) in [6.45, 7) is 6.43. The van der Waals surface area contributed by atoms with Crippen molar-refractivity contribution in [2.75, 3.05) is 0 Å². The summed E-state index contributed by atoms with van der Waals surface area (Å²) in [4.78, 5) is 4.26. The number of pyridine rings is 1. The molecule has 1 aromatic carbocycles. The first-order valence-electron chi connectivity index (χ1n) is 6.53. The number of nitrogens with two attached hydrogens (primary N) is 1. The molecular formula is C16H19FN2O. The molecule has 2 rings (SSSR count). The standard InChI is InChI=1S/C16H19FN2O/c1-16(2,3)11-7-8-15(19-10-11)20-14-6-4-5-13(17)12(14)9-18/h4-8,10H,9,18H2,1-3H3. The SMILES string of the molecule is CC(C)(C)c1ccc(Oc2cccc(F)c2CN)nc1. The lowest BCUT2D eigenvalue weighted by Crippen LogP contribution is -2.11. The maximum absolute atomic E-state index is 13.6. The monoisotopic (exact) mass is 274 g/mol. The highest BCUT2D eigenvalue weighted by atomic mass is 19.1. The molecule has 1 aromatic heterocycles. The summed E-state index contributed by atoms with van der Waals surface area (Å²) >= 11 is 0. The number of rotatable bonds is 3. The van der Waals surface area contributed by atoms with Crippen molar-refractivity contribution in [3.05, 3.63) is 53.5 Å². The zero-order valence-electron chi connectivity index (χ0n) is 12.0. The third kappa shape index (κ3) is 3.14. The van der Waals surface area contributed by atoms with Crippen LogP contribution in [0, 0.1) is 5.82 Å². The van der Waals surface area contributed by atoms with Gasteiger partial charge in [0.05, 0.1) is 0 Å². The summed E-state index contributed by atoms with van der Waals surface area (Å²) in [6.07, 6.45) is 1.77. The van der Waals surface area contributed by atoms with Crippen LogP contribution in [0.5, 0.6) is 11.6 Å². The maximum Gasteiger partial charge on any atom is 0.219 e. The van der Waals surface area contributed by atoms with Crippen LogP contribution in [-0.2, 0) is 12.0 Å². The van der Waals surface area contributed by atoms with Crippen molar-refractivity contribution < 1.29 is 9.13 Å². The second kappa shape index (κ2) is 5.59. The summed E-state index contributed by atoms with van der Waals surface area (Å²) < 4.78 is 19.2. The summed E-state index contributed by atoms with van der Waals surface area (Å²) in [6, 6.07) is 8.39. The molecule has 3 nitrogen and oxygen atoms in total. The summed E-state index contributed by atoms with van der Waals surface area (Å²) in [5, 5.41) is 0. The van der Waals surface area contributed by atoms with Gasteiger partial charge in [-0.3, -0.25) is 0 Å². The minimum Gasteiger partial charge on any atom is -0.439 e. The summed E-state index contributed by atoms with van der Waals surface area (Å²) in [5.74, 6) is 0.470. The van der Waals surface area contributed by atoms with Crippen molar-refractivity contribution in [3.63, 3.8) is 0 Å². The normalized spacial score (nSPS) is 11.4. The Balaban J connectivity index is 2.25. The van der Waals surface area contributed by atoms with Gasteiger partial charge >= 0.3 is 0 Å². The largest absolute Gasteiger partial charge is 0.439 e. The Bertz CT molecular complexity index is 588. The Morgan fingerprint density at radius 1 is 1.20 bits per heavy atom. The minimum absolute atomic E-state index is 0.0345. The third-order valence-electron chi connectivity index (χ3n) is 3.10. The van der Waals surface area contributed by atoms with Gasteiger partial charge in [0.2, 0.25) is 5.88 Å². The maximum atomic E-state index is 13.6. The number of benzene rings is 1. The molecule has 0 spiro atoms. The number of hydrogen-bond donors (Lipinski definition) is 1. The Morgan fingerprint density at radius 2 is 1.95 bits per heavy atom. The van der Waals surface area contributed by atoms with Crippen molar-refractivity contribution in [2.24, 2.45) is 5.73 Å². The van der Waals surface area contributed by atoms with Gasteiger partial charge in [-0.15, -0.1) is 0 Å². The van der Waals surface area contributed by atoms with E-state index >= 15 is 0 Å². The van der Waals surface area contributed by atoms with Crippen LogP contribution in [-0.4, -0.2) is 4.98 Å². The number of halogens is 1. The van der Waals surface area contributed by atoms with Crippen molar-refractivity contribution in [2.45, 2.75) is 32.7 Å². The van der Waals surface area contributed by atoms with Crippen molar-refractivity contribution >= 4 is 0 Å². The van der Waals surface area contributed by atoms with Gasteiger partial charge in [0.15, 0.2) is 0 Å². The molecule has 0 unspecified atom stereocenters. The molecule has 0 saturated heterocycles. The lowest BCUT2D eigenvalue weighted by molar-refractivity contribution is 0.448. The van der Waals surface area contributed by atoms with E-state index in [0.29, 0.717) is 17.2 Å². The smallest absolute Gasteiger partial charge is 0.219 e. The fourth-order valence-electron chi connectivity index (χ4n) is 1.83. The van der Waals surface area contributed by atoms with Crippen molar-refractivity contribution in [1.82, 2.24) is 4.98 Å². The van der Waals surface area contributed by atoms with Crippen LogP contribution in [0.4, 0.5) is 4.39 Å². The first-order chi connectivity index (χ1) is 9.41. The van der Waals surface area contributed by atoms with Gasteiger partial charge in [0, 0.05) is 24.4 Å². The Morgan fingerprint density at radius 3 is 2.50 bits per heavy atom. The predicted molar refractivity (Wildman–Crippen MR) is 77.3 cm³/mol.